The quantitative estimate of drug-likeness (QED) is 0.331. The summed E-state index contributed by atoms with van der Waals surface area (Å²) in [7, 11) is 0. The number of rotatable bonds is 4. The van der Waals surface area contributed by atoms with Gasteiger partial charge in [-0.05, 0) is 13.8 Å². The molecule has 0 aromatic heterocycles. The lowest BCUT2D eigenvalue weighted by atomic mass is 10.3. The minimum absolute atomic E-state index is 0.0562. The van der Waals surface area contributed by atoms with Crippen LogP contribution in [0.5, 0.6) is 0 Å². The summed E-state index contributed by atoms with van der Waals surface area (Å²) in [6.45, 7) is 3.27. The number of fused-ring (bicyclic) bond motifs is 2. The van der Waals surface area contributed by atoms with Gasteiger partial charge in [0.25, 0.3) is 0 Å². The van der Waals surface area contributed by atoms with Crippen molar-refractivity contribution in [2.24, 2.45) is 0 Å². The Morgan fingerprint density at radius 3 is 1.30 bits per heavy atom. The van der Waals surface area contributed by atoms with E-state index in [9.17, 15) is 20.1 Å². The van der Waals surface area contributed by atoms with E-state index in [1.165, 1.54) is 0 Å². The van der Waals surface area contributed by atoms with Crippen LogP contribution in [0.2, 0.25) is 0 Å². The fourth-order valence-corrected chi connectivity index (χ4v) is 7.47. The van der Waals surface area contributed by atoms with E-state index in [1.54, 1.807) is 26.0 Å². The topological polar surface area (TPSA) is 100 Å². The van der Waals surface area contributed by atoms with Crippen molar-refractivity contribution < 1.29 is 27.8 Å². The van der Waals surface area contributed by atoms with Gasteiger partial charge in [0.05, 0.1) is 41.3 Å². The maximum absolute atomic E-state index is 15.2. The number of nitrogens with zero attached hydrogens (tertiary/aromatic N) is 2. The number of thioether (sulfide) groups is 4. The summed E-state index contributed by atoms with van der Waals surface area (Å²) >= 11 is 3.07. The molecule has 30 heavy (non-hydrogen) atoms. The molecule has 0 radical (unpaired) electrons. The molecule has 0 fully saturated rings. The third-order valence-corrected chi connectivity index (χ3v) is 8.75. The average molecular weight is 485 g/mol. The van der Waals surface area contributed by atoms with Crippen molar-refractivity contribution in [1.29, 1.82) is 10.5 Å². The SMILES string of the molecule is CCOC(=O)C(C#N)=C1Sc2c(F)c3c(c(F)c2S1)SC(=C(C#N)C(=O)OCC)S3. The van der Waals surface area contributed by atoms with Gasteiger partial charge in [-0.15, -0.1) is 0 Å². The van der Waals surface area contributed by atoms with Crippen LogP contribution in [0, 0.1) is 34.3 Å². The van der Waals surface area contributed by atoms with E-state index in [-0.39, 0.29) is 52.4 Å². The Morgan fingerprint density at radius 1 is 0.767 bits per heavy atom. The normalized spacial score (nSPS) is 13.8. The van der Waals surface area contributed by atoms with Crippen molar-refractivity contribution in [2.45, 2.75) is 33.4 Å². The van der Waals surface area contributed by atoms with E-state index in [4.69, 9.17) is 9.47 Å². The molecule has 1 aromatic rings. The Hall–Kier alpha value is -2.12. The fourth-order valence-electron chi connectivity index (χ4n) is 2.34. The maximum Gasteiger partial charge on any atom is 0.350 e. The van der Waals surface area contributed by atoms with Gasteiger partial charge in [0.1, 0.15) is 12.1 Å². The van der Waals surface area contributed by atoms with Crippen molar-refractivity contribution in [1.82, 2.24) is 0 Å². The highest BCUT2D eigenvalue weighted by molar-refractivity contribution is 8.25. The van der Waals surface area contributed by atoms with Crippen LogP contribution in [-0.2, 0) is 19.1 Å². The van der Waals surface area contributed by atoms with E-state index < -0.39 is 23.6 Å². The molecule has 3 rings (SSSR count). The van der Waals surface area contributed by atoms with Gasteiger partial charge in [-0.2, -0.15) is 10.5 Å². The number of benzene rings is 1. The summed E-state index contributed by atoms with van der Waals surface area (Å²) in [4.78, 5) is 23.6. The standard InChI is InChI=1S/C18H10F2N2O4S4/c1-3-25-15(23)7(5-21)17-27-11-9(19)13-14(10(20)12(11)28-17)30-18(29-13)8(6-22)16(24)26-4-2/h3-4H2,1-2H3. The van der Waals surface area contributed by atoms with Crippen LogP contribution >= 0.6 is 47.0 Å². The van der Waals surface area contributed by atoms with Crippen molar-refractivity contribution in [3.05, 3.63) is 31.3 Å². The minimum Gasteiger partial charge on any atom is -0.462 e. The smallest absolute Gasteiger partial charge is 0.350 e. The molecule has 6 nitrogen and oxygen atoms in total. The molecular formula is C18H10F2N2O4S4. The first-order valence-electron chi connectivity index (χ1n) is 8.27. The summed E-state index contributed by atoms with van der Waals surface area (Å²) in [6.07, 6.45) is 0. The second-order valence-electron chi connectivity index (χ2n) is 5.34. The lowest BCUT2D eigenvalue weighted by Crippen LogP contribution is -2.07. The van der Waals surface area contributed by atoms with E-state index in [0.717, 1.165) is 47.0 Å². The molecule has 2 heterocycles. The van der Waals surface area contributed by atoms with Crippen LogP contribution in [-0.4, -0.2) is 25.2 Å². The zero-order valence-corrected chi connectivity index (χ0v) is 18.6. The van der Waals surface area contributed by atoms with Crippen molar-refractivity contribution in [2.75, 3.05) is 13.2 Å². The molecule has 2 aliphatic heterocycles. The van der Waals surface area contributed by atoms with Gasteiger partial charge in [0.15, 0.2) is 22.8 Å². The number of carbonyl (C=O) groups is 2. The third kappa shape index (κ3) is 3.93. The lowest BCUT2D eigenvalue weighted by Gasteiger charge is -2.05. The van der Waals surface area contributed by atoms with Gasteiger partial charge < -0.3 is 9.47 Å². The molecule has 0 bridgehead atoms. The first-order chi connectivity index (χ1) is 14.4. The maximum atomic E-state index is 15.2. The predicted molar refractivity (Wildman–Crippen MR) is 108 cm³/mol. The molecule has 0 N–H and O–H groups in total. The Bertz CT molecular complexity index is 991. The molecule has 0 amide bonds. The van der Waals surface area contributed by atoms with Crippen LogP contribution in [0.15, 0.2) is 39.2 Å². The average Bonchev–Trinajstić information content (AvgIpc) is 3.34. The van der Waals surface area contributed by atoms with Gasteiger partial charge in [-0.1, -0.05) is 47.0 Å². The highest BCUT2D eigenvalue weighted by Gasteiger charge is 2.38. The zero-order valence-electron chi connectivity index (χ0n) is 15.3. The van der Waals surface area contributed by atoms with Gasteiger partial charge in [0.2, 0.25) is 0 Å². The van der Waals surface area contributed by atoms with Crippen LogP contribution in [0.25, 0.3) is 0 Å². The molecule has 0 unspecified atom stereocenters. The number of ether oxygens (including phenoxy) is 2. The molecule has 2 aliphatic rings. The van der Waals surface area contributed by atoms with E-state index in [0.29, 0.717) is 0 Å². The summed E-state index contributed by atoms with van der Waals surface area (Å²) in [6, 6.07) is 3.45. The predicted octanol–water partition coefficient (Wildman–Crippen LogP) is 4.96. The number of hydrogen-bond donors (Lipinski definition) is 0. The van der Waals surface area contributed by atoms with Crippen LogP contribution in [0.3, 0.4) is 0 Å². The summed E-state index contributed by atoms with van der Waals surface area (Å²) in [5.41, 5.74) is -0.644. The Morgan fingerprint density at radius 2 is 1.07 bits per heavy atom. The number of halogens is 2. The van der Waals surface area contributed by atoms with Gasteiger partial charge >= 0.3 is 11.9 Å². The van der Waals surface area contributed by atoms with E-state index in [1.807, 2.05) is 0 Å². The van der Waals surface area contributed by atoms with Crippen molar-refractivity contribution >= 4 is 59.0 Å². The zero-order chi connectivity index (χ0) is 22.0. The van der Waals surface area contributed by atoms with Crippen LogP contribution in [0.1, 0.15) is 13.8 Å². The molecule has 1 aromatic carbocycles. The highest BCUT2D eigenvalue weighted by atomic mass is 32.2. The van der Waals surface area contributed by atoms with Gasteiger partial charge in [0, 0.05) is 0 Å². The third-order valence-electron chi connectivity index (χ3n) is 3.58. The molecular weight excluding hydrogens is 474 g/mol. The molecule has 0 saturated heterocycles. The molecule has 0 spiro atoms. The highest BCUT2D eigenvalue weighted by Crippen LogP contribution is 2.62. The number of nitriles is 2. The van der Waals surface area contributed by atoms with Gasteiger partial charge in [-0.3, -0.25) is 0 Å². The number of esters is 2. The molecule has 0 atom stereocenters. The monoisotopic (exact) mass is 484 g/mol. The van der Waals surface area contributed by atoms with Crippen molar-refractivity contribution in [3.63, 3.8) is 0 Å². The minimum atomic E-state index is -0.863. The number of hydrogen-bond acceptors (Lipinski definition) is 10. The summed E-state index contributed by atoms with van der Waals surface area (Å²) in [5.74, 6) is -3.22. The largest absolute Gasteiger partial charge is 0.462 e. The van der Waals surface area contributed by atoms with Crippen LogP contribution in [0.4, 0.5) is 8.78 Å². The number of carbonyl (C=O) groups excluding carboxylic acids is 2. The van der Waals surface area contributed by atoms with E-state index in [2.05, 4.69) is 0 Å². The summed E-state index contributed by atoms with van der Waals surface area (Å²) < 4.78 is 40.2. The van der Waals surface area contributed by atoms with Crippen molar-refractivity contribution in [3.8, 4) is 12.1 Å². The molecule has 154 valence electrons. The Labute approximate surface area is 187 Å². The second kappa shape index (κ2) is 9.35. The Balaban J connectivity index is 2.04. The molecule has 12 heteroatoms. The molecule has 0 aliphatic carbocycles. The fraction of sp³-hybridized carbons (Fsp3) is 0.222. The van der Waals surface area contributed by atoms with E-state index >= 15 is 8.78 Å². The van der Waals surface area contributed by atoms with Gasteiger partial charge in [-0.25, -0.2) is 18.4 Å². The molecule has 0 saturated carbocycles. The van der Waals surface area contributed by atoms with Crippen LogP contribution < -0.4 is 0 Å². The summed E-state index contributed by atoms with van der Waals surface area (Å²) in [5, 5.41) is 18.5. The lowest BCUT2D eigenvalue weighted by molar-refractivity contribution is -0.138. The Kier molecular flexibility index (Phi) is 7.03. The first kappa shape index (κ1) is 22.6. The first-order valence-corrected chi connectivity index (χ1v) is 11.5. The second-order valence-corrected chi connectivity index (χ2v) is 9.94.